The molecule has 9 heteroatoms. The van der Waals surface area contributed by atoms with Crippen LogP contribution in [0.5, 0.6) is 17.2 Å². The Morgan fingerprint density at radius 3 is 2.53 bits per heavy atom. The number of sulfonamides is 1. The maximum absolute atomic E-state index is 12.7. The van der Waals surface area contributed by atoms with Gasteiger partial charge in [-0.05, 0) is 42.5 Å². The number of fused-ring (bicyclic) bond motifs is 1. The fourth-order valence-corrected chi connectivity index (χ4v) is 3.99. The van der Waals surface area contributed by atoms with Crippen LogP contribution in [0.25, 0.3) is 11.3 Å². The SMILES string of the molecule is COc1ccc(-c2cc(CNS(=O)(=O)c3ccc4c(c3)OCCCO4)ncn2)cc1. The quantitative estimate of drug-likeness (QED) is 0.646. The van der Waals surface area contributed by atoms with Gasteiger partial charge in [0.25, 0.3) is 0 Å². The van der Waals surface area contributed by atoms with E-state index in [1.807, 2.05) is 24.3 Å². The molecule has 0 saturated carbocycles. The first kappa shape index (κ1) is 20.1. The van der Waals surface area contributed by atoms with Gasteiger partial charge in [-0.15, -0.1) is 0 Å². The van der Waals surface area contributed by atoms with Crippen LogP contribution in [-0.4, -0.2) is 38.7 Å². The van der Waals surface area contributed by atoms with Crippen LogP contribution in [0.1, 0.15) is 12.1 Å². The summed E-state index contributed by atoms with van der Waals surface area (Å²) in [4.78, 5) is 8.54. The molecular weight excluding hydrogens is 406 g/mol. The molecule has 0 spiro atoms. The molecule has 30 heavy (non-hydrogen) atoms. The molecule has 0 saturated heterocycles. The largest absolute Gasteiger partial charge is 0.497 e. The zero-order valence-electron chi connectivity index (χ0n) is 16.4. The second-order valence-corrected chi connectivity index (χ2v) is 8.37. The molecule has 2 aromatic carbocycles. The number of nitrogens with zero attached hydrogens (tertiary/aromatic N) is 2. The highest BCUT2D eigenvalue weighted by Gasteiger charge is 2.19. The van der Waals surface area contributed by atoms with Crippen molar-refractivity contribution < 1.29 is 22.6 Å². The van der Waals surface area contributed by atoms with E-state index in [4.69, 9.17) is 14.2 Å². The van der Waals surface area contributed by atoms with Crippen molar-refractivity contribution in [3.63, 3.8) is 0 Å². The highest BCUT2D eigenvalue weighted by molar-refractivity contribution is 7.89. The molecule has 0 aliphatic carbocycles. The second kappa shape index (κ2) is 8.68. The van der Waals surface area contributed by atoms with Gasteiger partial charge < -0.3 is 14.2 Å². The zero-order chi connectivity index (χ0) is 21.0. The molecule has 0 fully saturated rings. The lowest BCUT2D eigenvalue weighted by atomic mass is 10.1. The Morgan fingerprint density at radius 1 is 1.00 bits per heavy atom. The summed E-state index contributed by atoms with van der Waals surface area (Å²) in [6, 6.07) is 13.8. The average Bonchev–Trinajstić information content (AvgIpc) is 3.03. The molecule has 2 heterocycles. The van der Waals surface area contributed by atoms with Crippen molar-refractivity contribution in [1.29, 1.82) is 0 Å². The van der Waals surface area contributed by atoms with Crippen molar-refractivity contribution in [2.75, 3.05) is 20.3 Å². The van der Waals surface area contributed by atoms with Gasteiger partial charge in [-0.2, -0.15) is 0 Å². The maximum Gasteiger partial charge on any atom is 0.241 e. The third kappa shape index (κ3) is 4.52. The van der Waals surface area contributed by atoms with E-state index in [1.165, 1.54) is 18.5 Å². The summed E-state index contributed by atoms with van der Waals surface area (Å²) in [5, 5.41) is 0. The molecule has 4 rings (SSSR count). The van der Waals surface area contributed by atoms with Crippen LogP contribution >= 0.6 is 0 Å². The molecule has 1 aliphatic rings. The molecule has 0 bridgehead atoms. The molecule has 0 atom stereocenters. The van der Waals surface area contributed by atoms with Crippen molar-refractivity contribution >= 4 is 10.0 Å². The van der Waals surface area contributed by atoms with Crippen LogP contribution in [0.2, 0.25) is 0 Å². The van der Waals surface area contributed by atoms with Crippen LogP contribution in [0.15, 0.2) is 59.8 Å². The molecule has 1 aliphatic heterocycles. The monoisotopic (exact) mass is 427 g/mol. The van der Waals surface area contributed by atoms with E-state index in [0.29, 0.717) is 36.1 Å². The first-order valence-electron chi connectivity index (χ1n) is 9.40. The van der Waals surface area contributed by atoms with E-state index in [-0.39, 0.29) is 11.4 Å². The maximum atomic E-state index is 12.7. The molecule has 156 valence electrons. The number of hydrogen-bond donors (Lipinski definition) is 1. The normalized spacial score (nSPS) is 13.5. The number of nitrogens with one attached hydrogen (secondary N) is 1. The molecule has 1 aromatic heterocycles. The smallest absolute Gasteiger partial charge is 0.241 e. The van der Waals surface area contributed by atoms with E-state index in [9.17, 15) is 8.42 Å². The molecule has 8 nitrogen and oxygen atoms in total. The van der Waals surface area contributed by atoms with Gasteiger partial charge in [0.15, 0.2) is 11.5 Å². The van der Waals surface area contributed by atoms with Crippen LogP contribution in [-0.2, 0) is 16.6 Å². The fourth-order valence-electron chi connectivity index (χ4n) is 2.98. The number of methoxy groups -OCH3 is 1. The predicted molar refractivity (Wildman–Crippen MR) is 110 cm³/mol. The topological polar surface area (TPSA) is 99.6 Å². The second-order valence-electron chi connectivity index (χ2n) is 6.61. The molecule has 0 amide bonds. The van der Waals surface area contributed by atoms with E-state index < -0.39 is 10.0 Å². The Kier molecular flexibility index (Phi) is 5.82. The van der Waals surface area contributed by atoms with Crippen molar-refractivity contribution in [2.45, 2.75) is 17.9 Å². The summed E-state index contributed by atoms with van der Waals surface area (Å²) in [6.07, 6.45) is 2.16. The van der Waals surface area contributed by atoms with Crippen molar-refractivity contribution in [3.05, 3.63) is 60.6 Å². The lowest BCUT2D eigenvalue weighted by Crippen LogP contribution is -2.23. The first-order chi connectivity index (χ1) is 14.5. The van der Waals surface area contributed by atoms with Gasteiger partial charge in [-0.1, -0.05) is 0 Å². The Morgan fingerprint density at radius 2 is 1.77 bits per heavy atom. The molecule has 1 N–H and O–H groups in total. The third-order valence-corrected chi connectivity index (χ3v) is 5.98. The van der Waals surface area contributed by atoms with Gasteiger partial charge in [0.1, 0.15) is 12.1 Å². The van der Waals surface area contributed by atoms with E-state index in [2.05, 4.69) is 14.7 Å². The number of aromatic nitrogens is 2. The summed E-state index contributed by atoms with van der Waals surface area (Å²) >= 11 is 0. The van der Waals surface area contributed by atoms with Gasteiger partial charge in [0.05, 0.1) is 43.2 Å². The van der Waals surface area contributed by atoms with Gasteiger partial charge >= 0.3 is 0 Å². The summed E-state index contributed by atoms with van der Waals surface area (Å²) in [6.45, 7) is 1.06. The lowest BCUT2D eigenvalue weighted by molar-refractivity contribution is 0.297. The molecule has 3 aromatic rings. The number of rotatable bonds is 6. The Hall–Kier alpha value is -3.17. The summed E-state index contributed by atoms with van der Waals surface area (Å²) < 4.78 is 44.3. The Balaban J connectivity index is 1.49. The highest BCUT2D eigenvalue weighted by Crippen LogP contribution is 2.32. The van der Waals surface area contributed by atoms with Crippen molar-refractivity contribution in [1.82, 2.24) is 14.7 Å². The standard InChI is InChI=1S/C21H21N3O5S/c1-27-17-5-3-15(4-6-17)19-11-16(22-14-23-19)13-24-30(25,26)18-7-8-20-21(12-18)29-10-2-9-28-20/h3-8,11-12,14,24H,2,9-10,13H2,1H3. The molecular formula is C21H21N3O5S. The van der Waals surface area contributed by atoms with Crippen LogP contribution in [0.4, 0.5) is 0 Å². The first-order valence-corrected chi connectivity index (χ1v) is 10.9. The van der Waals surface area contributed by atoms with Crippen LogP contribution in [0, 0.1) is 0 Å². The van der Waals surface area contributed by atoms with E-state index >= 15 is 0 Å². The zero-order valence-corrected chi connectivity index (χ0v) is 17.2. The van der Waals surface area contributed by atoms with Crippen LogP contribution in [0.3, 0.4) is 0 Å². The third-order valence-electron chi connectivity index (χ3n) is 4.58. The highest BCUT2D eigenvalue weighted by atomic mass is 32.2. The Bertz CT molecular complexity index is 1130. The minimum atomic E-state index is -3.75. The van der Waals surface area contributed by atoms with Crippen molar-refractivity contribution in [2.24, 2.45) is 0 Å². The summed E-state index contributed by atoms with van der Waals surface area (Å²) in [5.74, 6) is 1.72. The average molecular weight is 427 g/mol. The minimum absolute atomic E-state index is 0.0302. The van der Waals surface area contributed by atoms with E-state index in [1.54, 1.807) is 19.2 Å². The van der Waals surface area contributed by atoms with Gasteiger partial charge in [-0.25, -0.2) is 23.1 Å². The van der Waals surface area contributed by atoms with Crippen LogP contribution < -0.4 is 18.9 Å². The number of benzene rings is 2. The number of hydrogen-bond acceptors (Lipinski definition) is 7. The molecule has 0 radical (unpaired) electrons. The molecule has 0 unspecified atom stereocenters. The van der Waals surface area contributed by atoms with Gasteiger partial charge in [0.2, 0.25) is 10.0 Å². The van der Waals surface area contributed by atoms with Gasteiger partial charge in [0, 0.05) is 18.1 Å². The fraction of sp³-hybridized carbons (Fsp3) is 0.238. The predicted octanol–water partition coefficient (Wildman–Crippen LogP) is 2.79. The van der Waals surface area contributed by atoms with E-state index in [0.717, 1.165) is 17.7 Å². The summed E-state index contributed by atoms with van der Waals surface area (Å²) in [7, 11) is -2.15. The van der Waals surface area contributed by atoms with Gasteiger partial charge in [-0.3, -0.25) is 0 Å². The van der Waals surface area contributed by atoms with Crippen molar-refractivity contribution in [3.8, 4) is 28.5 Å². The minimum Gasteiger partial charge on any atom is -0.497 e. The lowest BCUT2D eigenvalue weighted by Gasteiger charge is -2.11. The Labute approximate surface area is 174 Å². The summed E-state index contributed by atoms with van der Waals surface area (Å²) in [5.41, 5.74) is 2.12. The number of ether oxygens (including phenoxy) is 3.